The van der Waals surface area contributed by atoms with Crippen molar-refractivity contribution in [2.24, 2.45) is 0 Å². The molecule has 0 spiro atoms. The molecule has 0 fully saturated rings. The first kappa shape index (κ1) is 26.8. The maximum absolute atomic E-state index is 13.5. The van der Waals surface area contributed by atoms with E-state index >= 15 is 0 Å². The zero-order valence-corrected chi connectivity index (χ0v) is 24.1. The van der Waals surface area contributed by atoms with E-state index in [2.05, 4.69) is 41.2 Å². The van der Waals surface area contributed by atoms with Crippen molar-refractivity contribution in [1.29, 1.82) is 0 Å². The average molecular weight is 551 g/mol. The minimum atomic E-state index is -2.52. The zero-order chi connectivity index (χ0) is 22.5. The fourth-order valence-corrected chi connectivity index (χ4v) is 26.3. The zero-order valence-electron chi connectivity index (χ0n) is 20.4. The van der Waals surface area contributed by atoms with Crippen molar-refractivity contribution < 1.29 is 0 Å². The van der Waals surface area contributed by atoms with Gasteiger partial charge >= 0.3 is 198 Å². The molecule has 0 amide bonds. The van der Waals surface area contributed by atoms with E-state index in [1.165, 1.54) is 71.1 Å². The molecule has 0 saturated carbocycles. The van der Waals surface area contributed by atoms with Crippen molar-refractivity contribution in [2.45, 2.75) is 117 Å². The number of hydrogen-bond donors (Lipinski definition) is 0. The second-order valence-corrected chi connectivity index (χ2v) is 28.2. The summed E-state index contributed by atoms with van der Waals surface area (Å²) in [6.45, 7) is 10.0. The first-order valence-electron chi connectivity index (χ1n) is 12.8. The Kier molecular flexibility index (Phi) is 12.6. The molecule has 2 aromatic rings. The van der Waals surface area contributed by atoms with Gasteiger partial charge in [0, 0.05) is 0 Å². The van der Waals surface area contributed by atoms with Crippen molar-refractivity contribution in [3.05, 3.63) is 34.6 Å². The summed E-state index contributed by atoms with van der Waals surface area (Å²) in [5, 5.41) is 1.82. The van der Waals surface area contributed by atoms with Crippen LogP contribution in [0.1, 0.15) is 91.9 Å². The van der Waals surface area contributed by atoms with Gasteiger partial charge in [-0.3, -0.25) is 0 Å². The molecule has 0 aliphatic rings. The summed E-state index contributed by atoms with van der Waals surface area (Å²) in [6.07, 6.45) is 12.5. The average Bonchev–Trinajstić information content (AvgIpc) is 2.79. The molecule has 0 aliphatic carbocycles. The van der Waals surface area contributed by atoms with Crippen LogP contribution in [-0.4, -0.2) is 26.5 Å². The third kappa shape index (κ3) is 8.10. The normalized spacial score (nSPS) is 12.0. The molecule has 0 saturated heterocycles. The number of fused-ring (bicyclic) bond motifs is 1. The van der Waals surface area contributed by atoms with Crippen LogP contribution in [0.15, 0.2) is 34.2 Å². The molecule has 5 heteroatoms. The quantitative estimate of drug-likeness (QED) is 0.119. The minimum absolute atomic E-state index is 0.172. The van der Waals surface area contributed by atoms with Gasteiger partial charge in [-0.1, -0.05) is 0 Å². The van der Waals surface area contributed by atoms with Crippen LogP contribution in [0.2, 0.25) is 13.3 Å². The van der Waals surface area contributed by atoms with Crippen LogP contribution in [0.5, 0.6) is 0 Å². The van der Waals surface area contributed by atoms with Gasteiger partial charge in [-0.05, 0) is 0 Å². The summed E-state index contributed by atoms with van der Waals surface area (Å²) in [4.78, 5) is 18.6. The predicted octanol–water partition coefficient (Wildman–Crippen LogP) is 8.41. The fourth-order valence-electron chi connectivity index (χ4n) is 4.34. The van der Waals surface area contributed by atoms with Crippen molar-refractivity contribution in [2.75, 3.05) is 0 Å². The Morgan fingerprint density at radius 2 is 1.39 bits per heavy atom. The van der Waals surface area contributed by atoms with Gasteiger partial charge in [0.25, 0.3) is 0 Å². The van der Waals surface area contributed by atoms with Gasteiger partial charge in [0.15, 0.2) is 0 Å². The number of hydrogen-bond acceptors (Lipinski definition) is 3. The number of rotatable bonds is 16. The van der Waals surface area contributed by atoms with E-state index < -0.39 is 17.0 Å². The predicted molar refractivity (Wildman–Crippen MR) is 141 cm³/mol. The van der Waals surface area contributed by atoms with Gasteiger partial charge in [0.05, 0.1) is 0 Å². The molecule has 2 rings (SSSR count). The van der Waals surface area contributed by atoms with E-state index in [1.54, 1.807) is 0 Å². The summed E-state index contributed by atoms with van der Waals surface area (Å²) >= 11 is -2.52. The van der Waals surface area contributed by atoms with E-state index in [0.717, 1.165) is 29.0 Å². The molecule has 0 radical (unpaired) electrons. The van der Waals surface area contributed by atoms with E-state index in [4.69, 9.17) is 4.98 Å². The molecule has 0 bridgehead atoms. The number of aromatic nitrogens is 2. The van der Waals surface area contributed by atoms with E-state index in [1.807, 2.05) is 24.3 Å². The SMILES string of the molecule is CCCCCCn1c([S][Sn]([CH2]CCC)([CH2]CCC)[CH2]CCC)nc2ccccc2c1=O. The first-order valence-corrected chi connectivity index (χ1v) is 23.2. The van der Waals surface area contributed by atoms with Gasteiger partial charge in [0.1, 0.15) is 0 Å². The van der Waals surface area contributed by atoms with Crippen LogP contribution < -0.4 is 5.56 Å². The molecular weight excluding hydrogens is 507 g/mol. The summed E-state index contributed by atoms with van der Waals surface area (Å²) in [5.74, 6) is 0. The van der Waals surface area contributed by atoms with Crippen molar-refractivity contribution in [3.8, 4) is 0 Å². The third-order valence-electron chi connectivity index (χ3n) is 6.33. The molecule has 31 heavy (non-hydrogen) atoms. The Morgan fingerprint density at radius 3 is 1.97 bits per heavy atom. The molecule has 1 aromatic carbocycles. The fraction of sp³-hybridized carbons (Fsp3) is 0.692. The van der Waals surface area contributed by atoms with E-state index in [0.29, 0.717) is 0 Å². The number of unbranched alkanes of at least 4 members (excludes halogenated alkanes) is 6. The van der Waals surface area contributed by atoms with Crippen molar-refractivity contribution in [1.82, 2.24) is 9.55 Å². The van der Waals surface area contributed by atoms with Gasteiger partial charge in [0.2, 0.25) is 0 Å². The summed E-state index contributed by atoms with van der Waals surface area (Å²) in [7, 11) is 2.14. The first-order chi connectivity index (χ1) is 15.1. The van der Waals surface area contributed by atoms with Crippen LogP contribution in [0.3, 0.4) is 0 Å². The Balaban J connectivity index is 2.47. The van der Waals surface area contributed by atoms with Gasteiger partial charge in [-0.2, -0.15) is 0 Å². The Morgan fingerprint density at radius 1 is 0.806 bits per heavy atom. The third-order valence-corrected chi connectivity index (χ3v) is 27.5. The molecule has 174 valence electrons. The summed E-state index contributed by atoms with van der Waals surface area (Å²) in [6, 6.07) is 7.94. The molecule has 0 unspecified atom stereocenters. The standard InChI is InChI=1S/C14H18N2OS.3C4H9.Sn/c1-2-3-4-7-10-16-13(17)11-8-5-6-9-12(11)15-14(16)18;3*1-3-4-2;/h5-6,8-9H,2-4,7,10H2,1H3,(H,15,18);3*1,3-4H2,2H3;/q;;;;+1/p-1. The molecule has 0 N–H and O–H groups in total. The van der Waals surface area contributed by atoms with Crippen LogP contribution in [0, 0.1) is 0 Å². The number of nitrogens with zero attached hydrogens (tertiary/aromatic N) is 2. The number of benzene rings is 1. The molecule has 1 aromatic heterocycles. The second kappa shape index (κ2) is 14.6. The van der Waals surface area contributed by atoms with Gasteiger partial charge in [-0.25, -0.2) is 0 Å². The van der Waals surface area contributed by atoms with E-state index in [9.17, 15) is 4.79 Å². The molecule has 0 aliphatic heterocycles. The van der Waals surface area contributed by atoms with Crippen LogP contribution in [0.25, 0.3) is 10.9 Å². The Bertz CT molecular complexity index is 814. The monoisotopic (exact) mass is 552 g/mol. The molecule has 0 atom stereocenters. The molecule has 3 nitrogen and oxygen atoms in total. The maximum atomic E-state index is 13.5. The Hall–Kier alpha value is -0.491. The van der Waals surface area contributed by atoms with Crippen LogP contribution in [0.4, 0.5) is 0 Å². The van der Waals surface area contributed by atoms with E-state index in [-0.39, 0.29) is 5.56 Å². The van der Waals surface area contributed by atoms with Gasteiger partial charge < -0.3 is 0 Å². The second-order valence-electron chi connectivity index (χ2n) is 9.02. The van der Waals surface area contributed by atoms with Crippen molar-refractivity contribution in [3.63, 3.8) is 0 Å². The van der Waals surface area contributed by atoms with Gasteiger partial charge in [-0.15, -0.1) is 0 Å². The molecular formula is C26H44N2OSSn. The summed E-state index contributed by atoms with van der Waals surface area (Å²) < 4.78 is 6.33. The topological polar surface area (TPSA) is 34.9 Å². The van der Waals surface area contributed by atoms with Crippen LogP contribution in [-0.2, 0) is 6.54 Å². The number of para-hydroxylation sites is 1. The van der Waals surface area contributed by atoms with Crippen LogP contribution >= 0.6 is 8.95 Å². The Labute approximate surface area is 197 Å². The van der Waals surface area contributed by atoms with Crippen molar-refractivity contribution >= 4 is 36.8 Å². The molecule has 1 heterocycles. The summed E-state index contributed by atoms with van der Waals surface area (Å²) in [5.41, 5.74) is 1.05.